The van der Waals surface area contributed by atoms with Gasteiger partial charge >= 0.3 is 0 Å². The van der Waals surface area contributed by atoms with Crippen LogP contribution in [0.2, 0.25) is 5.02 Å². The molecule has 1 atom stereocenters. The van der Waals surface area contributed by atoms with Gasteiger partial charge in [-0.2, -0.15) is 0 Å². The Morgan fingerprint density at radius 2 is 1.89 bits per heavy atom. The van der Waals surface area contributed by atoms with Crippen molar-refractivity contribution in [2.75, 3.05) is 0 Å². The van der Waals surface area contributed by atoms with Gasteiger partial charge in [0.25, 0.3) is 0 Å². The number of aryl methyl sites for hydroxylation is 2. The Bertz CT molecular complexity index is 533. The van der Waals surface area contributed by atoms with Gasteiger partial charge < -0.3 is 5.73 Å². The maximum Gasteiger partial charge on any atom is 0.0661 e. The number of halogens is 1. The lowest BCUT2D eigenvalue weighted by atomic mass is 9.96. The average molecular weight is 280 g/mol. The second-order valence-electron chi connectivity index (χ2n) is 4.35. The lowest BCUT2D eigenvalue weighted by molar-refractivity contribution is 0.883. The molecule has 0 saturated heterocycles. The van der Waals surface area contributed by atoms with Crippen molar-refractivity contribution in [3.8, 4) is 0 Å². The van der Waals surface area contributed by atoms with E-state index < -0.39 is 0 Å². The molecule has 0 bridgehead atoms. The summed E-state index contributed by atoms with van der Waals surface area (Å²) in [7, 11) is 0. The van der Waals surface area contributed by atoms with Gasteiger partial charge in [0.05, 0.1) is 11.1 Å². The summed E-state index contributed by atoms with van der Waals surface area (Å²) in [4.78, 5) is 1.04. The minimum absolute atomic E-state index is 0.117. The van der Waals surface area contributed by atoms with Crippen molar-refractivity contribution < 1.29 is 0 Å². The first-order valence-corrected chi connectivity index (χ1v) is 7.53. The Hall–Kier alpha value is -0.830. The molecule has 0 radical (unpaired) electrons. The zero-order valence-electron chi connectivity index (χ0n) is 10.7. The second kappa shape index (κ2) is 5.87. The highest BCUT2D eigenvalue weighted by Crippen LogP contribution is 2.32. The molecule has 0 spiro atoms. The normalized spacial score (nSPS) is 12.7. The molecule has 2 N–H and O–H groups in total. The monoisotopic (exact) mass is 279 g/mol. The van der Waals surface area contributed by atoms with Gasteiger partial charge in [-0.15, -0.1) is 11.3 Å². The number of thiophene rings is 1. The van der Waals surface area contributed by atoms with E-state index in [1.54, 1.807) is 11.3 Å². The predicted molar refractivity (Wildman–Crippen MR) is 80.6 cm³/mol. The highest BCUT2D eigenvalue weighted by Gasteiger charge is 2.14. The maximum atomic E-state index is 6.30. The van der Waals surface area contributed by atoms with E-state index in [2.05, 4.69) is 32.0 Å². The van der Waals surface area contributed by atoms with Crippen molar-refractivity contribution in [2.24, 2.45) is 5.73 Å². The van der Waals surface area contributed by atoms with E-state index in [0.29, 0.717) is 0 Å². The summed E-state index contributed by atoms with van der Waals surface area (Å²) in [5.41, 5.74) is 10.2. The second-order valence-corrected chi connectivity index (χ2v) is 5.70. The fourth-order valence-electron chi connectivity index (χ4n) is 2.19. The molecule has 0 saturated carbocycles. The van der Waals surface area contributed by atoms with E-state index in [0.717, 1.165) is 28.3 Å². The quantitative estimate of drug-likeness (QED) is 0.871. The minimum Gasteiger partial charge on any atom is -0.320 e. The van der Waals surface area contributed by atoms with Crippen LogP contribution in [0.5, 0.6) is 0 Å². The van der Waals surface area contributed by atoms with Gasteiger partial charge in [0.2, 0.25) is 0 Å². The van der Waals surface area contributed by atoms with Gasteiger partial charge in [-0.25, -0.2) is 0 Å². The third-order valence-electron chi connectivity index (χ3n) is 3.28. The van der Waals surface area contributed by atoms with Crippen LogP contribution in [0.1, 0.15) is 41.5 Å². The van der Waals surface area contributed by atoms with Crippen molar-refractivity contribution in [2.45, 2.75) is 32.7 Å². The van der Waals surface area contributed by atoms with E-state index in [9.17, 15) is 0 Å². The molecular weight excluding hydrogens is 262 g/mol. The standard InChI is InChI=1S/C15H18ClNS/c1-3-10-5-6-12(9-11(10)4-2)14(17)15-13(16)7-8-18-15/h5-9,14H,3-4,17H2,1-2H3. The Morgan fingerprint density at radius 3 is 2.44 bits per heavy atom. The van der Waals surface area contributed by atoms with Crippen molar-refractivity contribution in [1.29, 1.82) is 0 Å². The summed E-state index contributed by atoms with van der Waals surface area (Å²) in [5.74, 6) is 0. The highest BCUT2D eigenvalue weighted by molar-refractivity contribution is 7.10. The Kier molecular flexibility index (Phi) is 4.44. The average Bonchev–Trinajstić information content (AvgIpc) is 2.83. The molecule has 1 aromatic carbocycles. The van der Waals surface area contributed by atoms with Crippen molar-refractivity contribution in [1.82, 2.24) is 0 Å². The lowest BCUT2D eigenvalue weighted by Crippen LogP contribution is -2.11. The van der Waals surface area contributed by atoms with Crippen LogP contribution >= 0.6 is 22.9 Å². The topological polar surface area (TPSA) is 26.0 Å². The van der Waals surface area contributed by atoms with Gasteiger partial charge in [-0.1, -0.05) is 43.6 Å². The molecule has 0 fully saturated rings. The smallest absolute Gasteiger partial charge is 0.0661 e. The van der Waals surface area contributed by atoms with Crippen LogP contribution < -0.4 is 5.73 Å². The van der Waals surface area contributed by atoms with Crippen LogP contribution in [0.25, 0.3) is 0 Å². The lowest BCUT2D eigenvalue weighted by Gasteiger charge is -2.14. The van der Waals surface area contributed by atoms with Crippen molar-refractivity contribution in [3.63, 3.8) is 0 Å². The molecule has 3 heteroatoms. The summed E-state index contributed by atoms with van der Waals surface area (Å²) < 4.78 is 0. The van der Waals surface area contributed by atoms with E-state index in [1.807, 2.05) is 11.4 Å². The first-order chi connectivity index (χ1) is 8.67. The predicted octanol–water partition coefficient (Wildman–Crippen LogP) is 4.57. The van der Waals surface area contributed by atoms with E-state index >= 15 is 0 Å². The van der Waals surface area contributed by atoms with Gasteiger partial charge in [-0.05, 0) is 41.0 Å². The van der Waals surface area contributed by atoms with E-state index in [1.165, 1.54) is 11.1 Å². The Morgan fingerprint density at radius 1 is 1.17 bits per heavy atom. The SMILES string of the molecule is CCc1ccc(C(N)c2sccc2Cl)cc1CC. The van der Waals surface area contributed by atoms with Crippen LogP contribution in [0.4, 0.5) is 0 Å². The molecule has 0 amide bonds. The van der Waals surface area contributed by atoms with E-state index in [-0.39, 0.29) is 6.04 Å². The summed E-state index contributed by atoms with van der Waals surface area (Å²) in [5, 5.41) is 2.75. The Labute approximate surface area is 118 Å². The molecule has 0 aliphatic rings. The van der Waals surface area contributed by atoms with Crippen molar-refractivity contribution in [3.05, 3.63) is 56.2 Å². The molecule has 2 aromatic rings. The van der Waals surface area contributed by atoms with Gasteiger partial charge in [0.1, 0.15) is 0 Å². The Balaban J connectivity index is 2.37. The molecule has 0 aliphatic carbocycles. The number of benzene rings is 1. The van der Waals surface area contributed by atoms with Gasteiger partial charge in [0.15, 0.2) is 0 Å². The molecule has 2 rings (SSSR count). The fraction of sp³-hybridized carbons (Fsp3) is 0.333. The maximum absolute atomic E-state index is 6.30. The van der Waals surface area contributed by atoms with Crippen molar-refractivity contribution >= 4 is 22.9 Å². The third kappa shape index (κ3) is 2.61. The van der Waals surface area contributed by atoms with Crippen LogP contribution in [0, 0.1) is 0 Å². The molecule has 1 nitrogen and oxygen atoms in total. The van der Waals surface area contributed by atoms with Gasteiger partial charge in [0, 0.05) is 4.88 Å². The molecule has 18 heavy (non-hydrogen) atoms. The van der Waals surface area contributed by atoms with Crippen LogP contribution in [0.15, 0.2) is 29.6 Å². The highest BCUT2D eigenvalue weighted by atomic mass is 35.5. The first kappa shape index (κ1) is 13.6. The van der Waals surface area contributed by atoms with Gasteiger partial charge in [-0.3, -0.25) is 0 Å². The molecule has 0 aliphatic heterocycles. The summed E-state index contributed by atoms with van der Waals surface area (Å²) in [6.45, 7) is 4.37. The van der Waals surface area contributed by atoms with Crippen LogP contribution in [-0.4, -0.2) is 0 Å². The molecule has 1 heterocycles. The van der Waals surface area contributed by atoms with Crippen LogP contribution in [0.3, 0.4) is 0 Å². The first-order valence-electron chi connectivity index (χ1n) is 6.27. The summed E-state index contributed by atoms with van der Waals surface area (Å²) >= 11 is 7.77. The zero-order valence-corrected chi connectivity index (χ0v) is 12.3. The fourth-order valence-corrected chi connectivity index (χ4v) is 3.39. The van der Waals surface area contributed by atoms with E-state index in [4.69, 9.17) is 17.3 Å². The largest absolute Gasteiger partial charge is 0.320 e. The number of hydrogen-bond donors (Lipinski definition) is 1. The summed E-state index contributed by atoms with van der Waals surface area (Å²) in [6.07, 6.45) is 2.11. The molecular formula is C15H18ClNS. The van der Waals surface area contributed by atoms with Crippen LogP contribution in [-0.2, 0) is 12.8 Å². The summed E-state index contributed by atoms with van der Waals surface area (Å²) in [6, 6.07) is 8.32. The minimum atomic E-state index is -0.117. The molecule has 96 valence electrons. The number of hydrogen-bond acceptors (Lipinski definition) is 2. The molecule has 1 aromatic heterocycles. The zero-order chi connectivity index (χ0) is 13.1. The number of nitrogens with two attached hydrogens (primary N) is 1. The number of rotatable bonds is 4. The third-order valence-corrected chi connectivity index (χ3v) is 4.72. The molecule has 1 unspecified atom stereocenters.